The Morgan fingerprint density at radius 1 is 1.40 bits per heavy atom. The maximum Gasteiger partial charge on any atom is 0.0470 e. The van der Waals surface area contributed by atoms with Crippen molar-refractivity contribution in [2.24, 2.45) is 5.73 Å². The van der Waals surface area contributed by atoms with E-state index in [1.807, 2.05) is 0 Å². The third kappa shape index (κ3) is 1.50. The molecule has 1 aliphatic rings. The van der Waals surface area contributed by atoms with Crippen molar-refractivity contribution in [3.05, 3.63) is 33.9 Å². The van der Waals surface area contributed by atoms with E-state index in [4.69, 9.17) is 5.73 Å². The summed E-state index contributed by atoms with van der Waals surface area (Å²) in [6.07, 6.45) is 3.20. The Balaban J connectivity index is 2.23. The summed E-state index contributed by atoms with van der Waals surface area (Å²) in [6, 6.07) is 6.75. The van der Waals surface area contributed by atoms with Crippen LogP contribution in [0.1, 0.15) is 17.7 Å². The predicted octanol–water partition coefficient (Wildman–Crippen LogP) is 2.75. The number of H-pyrrole nitrogens is 1. The molecule has 1 aromatic carbocycles. The van der Waals surface area contributed by atoms with Crippen molar-refractivity contribution >= 4 is 26.8 Å². The monoisotopic (exact) mass is 264 g/mol. The molecule has 0 bridgehead atoms. The molecule has 1 heterocycles. The van der Waals surface area contributed by atoms with Crippen LogP contribution in [0.15, 0.2) is 22.7 Å². The second kappa shape index (κ2) is 3.35. The number of fused-ring (bicyclic) bond motifs is 3. The normalized spacial score (nSPS) is 20.5. The van der Waals surface area contributed by atoms with E-state index in [-0.39, 0.29) is 0 Å². The predicted molar refractivity (Wildman–Crippen MR) is 66.0 cm³/mol. The summed E-state index contributed by atoms with van der Waals surface area (Å²) in [5.41, 5.74) is 10.0. The van der Waals surface area contributed by atoms with Crippen molar-refractivity contribution in [1.82, 2.24) is 4.98 Å². The maximum absolute atomic E-state index is 5.97. The van der Waals surface area contributed by atoms with Gasteiger partial charge in [0.2, 0.25) is 0 Å². The van der Waals surface area contributed by atoms with E-state index in [0.717, 1.165) is 23.7 Å². The number of hydrogen-bond acceptors (Lipinski definition) is 1. The van der Waals surface area contributed by atoms with E-state index < -0.39 is 0 Å². The largest absolute Gasteiger partial charge is 0.358 e. The van der Waals surface area contributed by atoms with Gasteiger partial charge in [-0.1, -0.05) is 22.0 Å². The molecule has 3 heteroatoms. The summed E-state index contributed by atoms with van der Waals surface area (Å²) in [4.78, 5) is 3.48. The van der Waals surface area contributed by atoms with Crippen LogP contribution in [0.5, 0.6) is 0 Å². The molecule has 3 N–H and O–H groups in total. The smallest absolute Gasteiger partial charge is 0.0470 e. The fourth-order valence-electron chi connectivity index (χ4n) is 2.44. The van der Waals surface area contributed by atoms with Crippen molar-refractivity contribution in [1.29, 1.82) is 0 Å². The Morgan fingerprint density at radius 2 is 2.27 bits per heavy atom. The van der Waals surface area contributed by atoms with Gasteiger partial charge in [0.25, 0.3) is 0 Å². The lowest BCUT2D eigenvalue weighted by Crippen LogP contribution is -2.27. The number of aromatic amines is 1. The number of aryl methyl sites for hydroxylation is 1. The first-order valence-corrected chi connectivity index (χ1v) is 6.08. The third-order valence-corrected chi connectivity index (χ3v) is 3.68. The van der Waals surface area contributed by atoms with E-state index in [2.05, 4.69) is 39.1 Å². The van der Waals surface area contributed by atoms with E-state index in [1.54, 1.807) is 0 Å². The van der Waals surface area contributed by atoms with Crippen LogP contribution in [0.4, 0.5) is 0 Å². The summed E-state index contributed by atoms with van der Waals surface area (Å²) < 4.78 is 1.12. The minimum Gasteiger partial charge on any atom is -0.358 e. The van der Waals surface area contributed by atoms with Gasteiger partial charge in [-0.25, -0.2) is 0 Å². The molecule has 1 atom stereocenters. The van der Waals surface area contributed by atoms with Crippen LogP contribution in [0.3, 0.4) is 0 Å². The first-order valence-electron chi connectivity index (χ1n) is 5.28. The SMILES string of the molecule is NC1CCc2c([nH]c3cc(Br)ccc23)C1. The number of aromatic nitrogens is 1. The van der Waals surface area contributed by atoms with Gasteiger partial charge in [0.05, 0.1) is 0 Å². The van der Waals surface area contributed by atoms with Crippen molar-refractivity contribution in [2.75, 3.05) is 0 Å². The van der Waals surface area contributed by atoms with Crippen LogP contribution >= 0.6 is 15.9 Å². The van der Waals surface area contributed by atoms with Crippen LogP contribution in [0.25, 0.3) is 10.9 Å². The van der Waals surface area contributed by atoms with Gasteiger partial charge in [0.1, 0.15) is 0 Å². The Hall–Kier alpha value is -0.800. The van der Waals surface area contributed by atoms with Gasteiger partial charge in [0.15, 0.2) is 0 Å². The summed E-state index contributed by atoms with van der Waals surface area (Å²) in [7, 11) is 0. The van der Waals surface area contributed by atoms with Gasteiger partial charge in [-0.3, -0.25) is 0 Å². The minimum absolute atomic E-state index is 0.328. The molecule has 78 valence electrons. The molecule has 15 heavy (non-hydrogen) atoms. The Labute approximate surface area is 97.0 Å². The summed E-state index contributed by atoms with van der Waals surface area (Å²) in [6.45, 7) is 0. The van der Waals surface area contributed by atoms with Crippen LogP contribution < -0.4 is 5.73 Å². The molecule has 2 nitrogen and oxygen atoms in total. The van der Waals surface area contributed by atoms with Crippen LogP contribution in [-0.4, -0.2) is 11.0 Å². The molecule has 0 amide bonds. The van der Waals surface area contributed by atoms with Gasteiger partial charge < -0.3 is 10.7 Å². The topological polar surface area (TPSA) is 41.8 Å². The summed E-state index contributed by atoms with van der Waals surface area (Å²) in [5.74, 6) is 0. The lowest BCUT2D eigenvalue weighted by atomic mass is 9.92. The molecule has 0 saturated heterocycles. The summed E-state index contributed by atoms with van der Waals surface area (Å²) >= 11 is 3.49. The highest BCUT2D eigenvalue weighted by Gasteiger charge is 2.19. The lowest BCUT2D eigenvalue weighted by Gasteiger charge is -2.17. The van der Waals surface area contributed by atoms with Gasteiger partial charge in [0, 0.05) is 33.5 Å². The van der Waals surface area contributed by atoms with E-state index in [1.165, 1.54) is 22.2 Å². The average molecular weight is 265 g/mol. The molecule has 0 spiro atoms. The lowest BCUT2D eigenvalue weighted by molar-refractivity contribution is 0.572. The zero-order chi connectivity index (χ0) is 10.4. The number of halogens is 1. The zero-order valence-electron chi connectivity index (χ0n) is 8.39. The highest BCUT2D eigenvalue weighted by atomic mass is 79.9. The Morgan fingerprint density at radius 3 is 3.13 bits per heavy atom. The van der Waals surface area contributed by atoms with Crippen molar-refractivity contribution in [3.63, 3.8) is 0 Å². The number of rotatable bonds is 0. The number of benzene rings is 1. The minimum atomic E-state index is 0.328. The van der Waals surface area contributed by atoms with Crippen LogP contribution in [-0.2, 0) is 12.8 Å². The molecule has 2 aromatic rings. The first-order chi connectivity index (χ1) is 7.24. The number of nitrogens with two attached hydrogens (primary N) is 1. The molecule has 0 saturated carbocycles. The van der Waals surface area contributed by atoms with Crippen molar-refractivity contribution < 1.29 is 0 Å². The quantitative estimate of drug-likeness (QED) is 0.755. The fourth-order valence-corrected chi connectivity index (χ4v) is 2.80. The van der Waals surface area contributed by atoms with Gasteiger partial charge in [-0.05, 0) is 30.5 Å². The zero-order valence-corrected chi connectivity index (χ0v) is 9.97. The average Bonchev–Trinajstić information content (AvgIpc) is 2.53. The molecule has 0 aliphatic heterocycles. The second-order valence-electron chi connectivity index (χ2n) is 4.27. The second-order valence-corrected chi connectivity index (χ2v) is 5.19. The maximum atomic E-state index is 5.97. The molecule has 1 aromatic heterocycles. The Kier molecular flexibility index (Phi) is 2.11. The highest BCUT2D eigenvalue weighted by molar-refractivity contribution is 9.10. The fraction of sp³-hybridized carbons (Fsp3) is 0.333. The molecule has 3 rings (SSSR count). The van der Waals surface area contributed by atoms with Crippen LogP contribution in [0, 0.1) is 0 Å². The summed E-state index contributed by atoms with van der Waals surface area (Å²) in [5, 5.41) is 1.36. The standard InChI is InChI=1S/C12H13BrN2/c13-7-1-3-9-10-4-2-8(14)6-12(10)15-11(9)5-7/h1,3,5,8,15H,2,4,6,14H2. The molecule has 0 fully saturated rings. The number of nitrogens with one attached hydrogen (secondary N) is 1. The molecule has 1 aliphatic carbocycles. The first kappa shape index (κ1) is 9.43. The molecule has 0 radical (unpaired) electrons. The van der Waals surface area contributed by atoms with Gasteiger partial charge >= 0.3 is 0 Å². The number of hydrogen-bond donors (Lipinski definition) is 2. The van der Waals surface area contributed by atoms with Crippen molar-refractivity contribution in [3.8, 4) is 0 Å². The molecular formula is C12H13BrN2. The van der Waals surface area contributed by atoms with Crippen LogP contribution in [0.2, 0.25) is 0 Å². The van der Waals surface area contributed by atoms with E-state index in [9.17, 15) is 0 Å². The van der Waals surface area contributed by atoms with Gasteiger partial charge in [-0.15, -0.1) is 0 Å². The molecule has 1 unspecified atom stereocenters. The third-order valence-electron chi connectivity index (χ3n) is 3.19. The molecular weight excluding hydrogens is 252 g/mol. The Bertz CT molecular complexity index is 516. The van der Waals surface area contributed by atoms with E-state index >= 15 is 0 Å². The highest BCUT2D eigenvalue weighted by Crippen LogP contribution is 2.30. The van der Waals surface area contributed by atoms with Gasteiger partial charge in [-0.2, -0.15) is 0 Å². The van der Waals surface area contributed by atoms with E-state index in [0.29, 0.717) is 6.04 Å². The van der Waals surface area contributed by atoms with Crippen molar-refractivity contribution in [2.45, 2.75) is 25.3 Å².